The molecule has 0 saturated carbocycles. The molecule has 0 spiro atoms. The van der Waals surface area contributed by atoms with Crippen molar-refractivity contribution in [2.75, 3.05) is 33.7 Å². The van der Waals surface area contributed by atoms with Gasteiger partial charge in [0.25, 0.3) is 17.7 Å². The number of fused-ring (bicyclic) bond motifs is 1. The average molecular weight is 327 g/mol. The fraction of sp³-hybridized carbons (Fsp3) is 0.375. The van der Waals surface area contributed by atoms with Crippen molar-refractivity contribution in [1.82, 2.24) is 25.3 Å². The SMILES string of the molecule is CN1C(=O)c2ccc(-c3nc(C4CNCCN4C)no3)cc2C1=O. The van der Waals surface area contributed by atoms with Crippen molar-refractivity contribution in [3.05, 3.63) is 35.2 Å². The van der Waals surface area contributed by atoms with Crippen molar-refractivity contribution in [3.8, 4) is 11.5 Å². The molecule has 0 aliphatic carbocycles. The van der Waals surface area contributed by atoms with E-state index in [1.165, 1.54) is 7.05 Å². The number of hydrogen-bond donors (Lipinski definition) is 1. The van der Waals surface area contributed by atoms with Crippen LogP contribution in [-0.4, -0.2) is 65.5 Å². The van der Waals surface area contributed by atoms with Crippen molar-refractivity contribution in [2.45, 2.75) is 6.04 Å². The minimum absolute atomic E-state index is 0.0556. The van der Waals surface area contributed by atoms with Crippen LogP contribution in [0.2, 0.25) is 0 Å². The highest BCUT2D eigenvalue weighted by molar-refractivity contribution is 6.21. The molecular formula is C16H17N5O3. The Morgan fingerprint density at radius 1 is 1.21 bits per heavy atom. The molecule has 1 unspecified atom stereocenters. The summed E-state index contributed by atoms with van der Waals surface area (Å²) in [5.74, 6) is 0.358. The van der Waals surface area contributed by atoms with Crippen molar-refractivity contribution >= 4 is 11.8 Å². The number of rotatable bonds is 2. The van der Waals surface area contributed by atoms with E-state index in [0.29, 0.717) is 28.4 Å². The monoisotopic (exact) mass is 327 g/mol. The molecule has 1 atom stereocenters. The molecule has 8 nitrogen and oxygen atoms in total. The second-order valence-corrected chi connectivity index (χ2v) is 6.09. The predicted octanol–water partition coefficient (Wildman–Crippen LogP) is 0.538. The molecule has 2 aliphatic rings. The third-order valence-corrected chi connectivity index (χ3v) is 4.59. The van der Waals surface area contributed by atoms with Crippen LogP contribution in [0.3, 0.4) is 0 Å². The Morgan fingerprint density at radius 3 is 2.79 bits per heavy atom. The summed E-state index contributed by atoms with van der Waals surface area (Å²) in [6.45, 7) is 2.61. The van der Waals surface area contributed by atoms with Crippen LogP contribution >= 0.6 is 0 Å². The fourth-order valence-corrected chi connectivity index (χ4v) is 3.08. The van der Waals surface area contributed by atoms with Gasteiger partial charge in [-0.15, -0.1) is 0 Å². The van der Waals surface area contributed by atoms with E-state index in [2.05, 4.69) is 20.4 Å². The van der Waals surface area contributed by atoms with Crippen LogP contribution in [0.1, 0.15) is 32.6 Å². The summed E-state index contributed by atoms with van der Waals surface area (Å²) in [5.41, 5.74) is 1.41. The summed E-state index contributed by atoms with van der Waals surface area (Å²) in [6, 6.07) is 5.05. The molecule has 0 bridgehead atoms. The van der Waals surface area contributed by atoms with Gasteiger partial charge in [0.05, 0.1) is 17.2 Å². The molecular weight excluding hydrogens is 310 g/mol. The Bertz CT molecular complexity index is 831. The lowest BCUT2D eigenvalue weighted by molar-refractivity contribution is 0.0693. The van der Waals surface area contributed by atoms with E-state index in [9.17, 15) is 9.59 Å². The normalized spacial score (nSPS) is 21.4. The Kier molecular flexibility index (Phi) is 3.43. The molecule has 0 radical (unpaired) electrons. The quantitative estimate of drug-likeness (QED) is 0.805. The molecule has 124 valence electrons. The van der Waals surface area contributed by atoms with Gasteiger partial charge in [0.15, 0.2) is 5.82 Å². The van der Waals surface area contributed by atoms with Crippen molar-refractivity contribution in [1.29, 1.82) is 0 Å². The molecule has 4 rings (SSSR count). The van der Waals surface area contributed by atoms with Gasteiger partial charge in [0.1, 0.15) is 0 Å². The molecule has 8 heteroatoms. The van der Waals surface area contributed by atoms with Crippen LogP contribution in [0.15, 0.2) is 22.7 Å². The molecule has 2 aliphatic heterocycles. The Balaban J connectivity index is 1.66. The summed E-state index contributed by atoms with van der Waals surface area (Å²) in [6.07, 6.45) is 0. The van der Waals surface area contributed by atoms with Gasteiger partial charge in [-0.3, -0.25) is 19.4 Å². The first kappa shape index (κ1) is 15.0. The minimum atomic E-state index is -0.312. The molecule has 3 heterocycles. The number of nitrogens with zero attached hydrogens (tertiary/aromatic N) is 4. The lowest BCUT2D eigenvalue weighted by atomic mass is 10.1. The summed E-state index contributed by atoms with van der Waals surface area (Å²) in [7, 11) is 3.50. The van der Waals surface area contributed by atoms with Gasteiger partial charge >= 0.3 is 0 Å². The Morgan fingerprint density at radius 2 is 2.00 bits per heavy atom. The molecule has 2 amide bonds. The van der Waals surface area contributed by atoms with E-state index in [1.54, 1.807) is 18.2 Å². The van der Waals surface area contributed by atoms with Gasteiger partial charge in [-0.2, -0.15) is 4.98 Å². The summed E-state index contributed by atoms with van der Waals surface area (Å²) >= 11 is 0. The van der Waals surface area contributed by atoms with Crippen LogP contribution in [0.5, 0.6) is 0 Å². The first-order valence-electron chi connectivity index (χ1n) is 7.77. The van der Waals surface area contributed by atoms with E-state index >= 15 is 0 Å². The number of carbonyl (C=O) groups is 2. The zero-order chi connectivity index (χ0) is 16.8. The zero-order valence-corrected chi connectivity index (χ0v) is 13.4. The van der Waals surface area contributed by atoms with Crippen molar-refractivity contribution in [2.24, 2.45) is 0 Å². The number of nitrogens with one attached hydrogen (secondary N) is 1. The Hall–Kier alpha value is -2.58. The standard InChI is InChI=1S/C16H17N5O3/c1-20-6-5-17-8-12(20)13-18-14(24-19-13)9-3-4-10-11(7-9)16(23)21(2)15(10)22/h3-4,7,12,17H,5-6,8H2,1-2H3. The number of amides is 2. The van der Waals surface area contributed by atoms with E-state index in [4.69, 9.17) is 4.52 Å². The van der Waals surface area contributed by atoms with Crippen LogP contribution in [0.25, 0.3) is 11.5 Å². The van der Waals surface area contributed by atoms with Gasteiger partial charge < -0.3 is 9.84 Å². The van der Waals surface area contributed by atoms with Gasteiger partial charge in [-0.25, -0.2) is 0 Å². The maximum Gasteiger partial charge on any atom is 0.261 e. The molecule has 1 N–H and O–H groups in total. The molecule has 1 fully saturated rings. The molecule has 1 aromatic heterocycles. The number of carbonyl (C=O) groups excluding carboxylic acids is 2. The highest BCUT2D eigenvalue weighted by Crippen LogP contribution is 2.28. The molecule has 1 aromatic carbocycles. The topological polar surface area (TPSA) is 91.6 Å². The maximum absolute atomic E-state index is 12.1. The lowest BCUT2D eigenvalue weighted by Gasteiger charge is -2.30. The fourth-order valence-electron chi connectivity index (χ4n) is 3.08. The third kappa shape index (κ3) is 2.22. The zero-order valence-electron chi connectivity index (χ0n) is 13.4. The number of hydrogen-bond acceptors (Lipinski definition) is 7. The number of piperazine rings is 1. The number of likely N-dealkylation sites (N-methyl/N-ethyl adjacent to an activating group) is 1. The highest BCUT2D eigenvalue weighted by atomic mass is 16.5. The Labute approximate surface area is 138 Å². The predicted molar refractivity (Wildman–Crippen MR) is 84.4 cm³/mol. The lowest BCUT2D eigenvalue weighted by Crippen LogP contribution is -2.44. The van der Waals surface area contributed by atoms with Crippen LogP contribution in [-0.2, 0) is 0 Å². The highest BCUT2D eigenvalue weighted by Gasteiger charge is 2.33. The first-order valence-corrected chi connectivity index (χ1v) is 7.77. The van der Waals surface area contributed by atoms with E-state index < -0.39 is 0 Å². The number of benzene rings is 1. The van der Waals surface area contributed by atoms with Gasteiger partial charge in [0.2, 0.25) is 0 Å². The van der Waals surface area contributed by atoms with E-state index in [1.807, 2.05) is 7.05 Å². The summed E-state index contributed by atoms with van der Waals surface area (Å²) in [4.78, 5) is 31.8. The second kappa shape index (κ2) is 5.50. The summed E-state index contributed by atoms with van der Waals surface area (Å²) in [5, 5.41) is 7.39. The first-order chi connectivity index (χ1) is 11.6. The smallest absolute Gasteiger partial charge is 0.261 e. The molecule has 24 heavy (non-hydrogen) atoms. The van der Waals surface area contributed by atoms with E-state index in [-0.39, 0.29) is 17.9 Å². The van der Waals surface area contributed by atoms with Crippen molar-refractivity contribution < 1.29 is 14.1 Å². The maximum atomic E-state index is 12.1. The average Bonchev–Trinajstić information content (AvgIpc) is 3.16. The summed E-state index contributed by atoms with van der Waals surface area (Å²) < 4.78 is 5.38. The van der Waals surface area contributed by atoms with Crippen LogP contribution in [0.4, 0.5) is 0 Å². The minimum Gasteiger partial charge on any atom is -0.334 e. The van der Waals surface area contributed by atoms with E-state index in [0.717, 1.165) is 24.5 Å². The van der Waals surface area contributed by atoms with Crippen molar-refractivity contribution in [3.63, 3.8) is 0 Å². The van der Waals surface area contributed by atoms with Crippen LogP contribution < -0.4 is 5.32 Å². The van der Waals surface area contributed by atoms with Crippen LogP contribution in [0, 0.1) is 0 Å². The van der Waals surface area contributed by atoms with Gasteiger partial charge in [-0.05, 0) is 25.2 Å². The van der Waals surface area contributed by atoms with Gasteiger partial charge in [0, 0.05) is 32.2 Å². The second-order valence-electron chi connectivity index (χ2n) is 6.09. The largest absolute Gasteiger partial charge is 0.334 e. The third-order valence-electron chi connectivity index (χ3n) is 4.59. The number of aromatic nitrogens is 2. The molecule has 2 aromatic rings. The van der Waals surface area contributed by atoms with Gasteiger partial charge in [-0.1, -0.05) is 5.16 Å². The number of imide groups is 1. The molecule has 1 saturated heterocycles.